The van der Waals surface area contributed by atoms with Crippen molar-refractivity contribution in [3.05, 3.63) is 17.5 Å². The molecular formula is C25H36N4O6. The van der Waals surface area contributed by atoms with Crippen molar-refractivity contribution in [2.45, 2.75) is 77.5 Å². The normalized spacial score (nSPS) is 26.1. The van der Waals surface area contributed by atoms with Crippen LogP contribution >= 0.6 is 0 Å². The van der Waals surface area contributed by atoms with Gasteiger partial charge in [0.1, 0.15) is 11.7 Å². The predicted molar refractivity (Wildman–Crippen MR) is 129 cm³/mol. The molecule has 4 atom stereocenters. The number of carboxylic acids is 1. The molecule has 10 heteroatoms. The van der Waals surface area contributed by atoms with Crippen LogP contribution in [0.2, 0.25) is 0 Å². The summed E-state index contributed by atoms with van der Waals surface area (Å²) in [5.74, 6) is -0.941. The van der Waals surface area contributed by atoms with Gasteiger partial charge < -0.3 is 30.5 Å². The quantitative estimate of drug-likeness (QED) is 0.515. The van der Waals surface area contributed by atoms with E-state index in [4.69, 9.17) is 15.2 Å². The molecule has 2 aliphatic carbocycles. The van der Waals surface area contributed by atoms with Crippen LogP contribution in [0.25, 0.3) is 0 Å². The topological polar surface area (TPSA) is 144 Å². The molecule has 2 fully saturated rings. The first-order valence-corrected chi connectivity index (χ1v) is 12.3. The minimum atomic E-state index is -0.876. The van der Waals surface area contributed by atoms with Crippen molar-refractivity contribution in [1.82, 2.24) is 10.3 Å². The fourth-order valence-corrected chi connectivity index (χ4v) is 5.65. The van der Waals surface area contributed by atoms with E-state index in [1.54, 1.807) is 27.0 Å². The highest BCUT2D eigenvalue weighted by molar-refractivity contribution is 5.75. The number of piperidine rings is 1. The highest BCUT2D eigenvalue weighted by atomic mass is 16.6. The van der Waals surface area contributed by atoms with Crippen LogP contribution in [-0.4, -0.2) is 52.9 Å². The number of aliphatic carboxylic acids is 1. The van der Waals surface area contributed by atoms with Gasteiger partial charge in [-0.1, -0.05) is 0 Å². The maximum absolute atomic E-state index is 12.7. The molecule has 0 spiro atoms. The van der Waals surface area contributed by atoms with Crippen molar-refractivity contribution in [2.24, 2.45) is 17.8 Å². The van der Waals surface area contributed by atoms with E-state index in [0.29, 0.717) is 37.5 Å². The first-order chi connectivity index (χ1) is 16.4. The Morgan fingerprint density at radius 2 is 1.94 bits per heavy atom. The maximum Gasteiger partial charge on any atom is 0.407 e. The number of pyridine rings is 1. The van der Waals surface area contributed by atoms with E-state index in [1.165, 1.54) is 6.92 Å². The Balaban J connectivity index is 1.66. The number of nitrogens with zero attached hydrogens (tertiary/aromatic N) is 2. The van der Waals surface area contributed by atoms with Crippen LogP contribution in [0.4, 0.5) is 16.2 Å². The number of carboxylic acid groups (broad SMARTS) is 1. The molecule has 1 saturated carbocycles. The Bertz CT molecular complexity index is 1000. The molecule has 1 amide bonds. The molecule has 192 valence electrons. The van der Waals surface area contributed by atoms with Gasteiger partial charge in [-0.25, -0.2) is 4.79 Å². The molecule has 1 saturated heterocycles. The van der Waals surface area contributed by atoms with Crippen molar-refractivity contribution < 1.29 is 29.0 Å². The molecule has 0 aromatic carbocycles. The number of alkyl carbamates (subject to hydrolysis) is 1. The van der Waals surface area contributed by atoms with E-state index in [2.05, 4.69) is 15.2 Å². The summed E-state index contributed by atoms with van der Waals surface area (Å²) < 4.78 is 11.0. The fourth-order valence-electron chi connectivity index (χ4n) is 5.65. The number of hydrogen-bond donors (Lipinski definition) is 3. The fraction of sp³-hybridized carbons (Fsp3) is 0.680. The number of nitrogen functional groups attached to an aromatic ring is 1. The Hall–Kier alpha value is -3.04. The van der Waals surface area contributed by atoms with Crippen LogP contribution in [0, 0.1) is 17.8 Å². The van der Waals surface area contributed by atoms with Gasteiger partial charge in [-0.05, 0) is 64.2 Å². The van der Waals surface area contributed by atoms with Gasteiger partial charge in [0.05, 0.1) is 35.7 Å². The van der Waals surface area contributed by atoms with Crippen molar-refractivity contribution in [3.8, 4) is 0 Å². The SMILES string of the molecule is CC(=O)OC1CCc2c1ncc(N)c2N1C[C@H](NC(=O)OC(C)(C)C)[C@H](CC(=O)O)[C@H](C2CC2)C1. The van der Waals surface area contributed by atoms with Crippen LogP contribution in [0.3, 0.4) is 0 Å². The molecule has 4 N–H and O–H groups in total. The third-order valence-electron chi connectivity index (χ3n) is 7.05. The number of anilines is 2. The average Bonchev–Trinajstić information content (AvgIpc) is 3.49. The van der Waals surface area contributed by atoms with Crippen LogP contribution in [0.5, 0.6) is 0 Å². The number of esters is 1. The number of hydrogen-bond acceptors (Lipinski definition) is 8. The Morgan fingerprint density at radius 3 is 2.54 bits per heavy atom. The first kappa shape index (κ1) is 25.1. The van der Waals surface area contributed by atoms with Crippen molar-refractivity contribution >= 4 is 29.4 Å². The standard InChI is InChI=1S/C25H36N4O6/c1-13(30)34-20-8-7-15-22(20)27-10-18(26)23(15)29-11-17(14-5-6-14)16(9-21(31)32)19(12-29)28-24(33)35-25(2,3)4/h10,14,16-17,19-20H,5-9,11-12,26H2,1-4H3,(H,28,33)(H,31,32)/t16-,17+,19+,20?/m1/s1. The largest absolute Gasteiger partial charge is 0.481 e. The van der Waals surface area contributed by atoms with Gasteiger partial charge >= 0.3 is 18.0 Å². The summed E-state index contributed by atoms with van der Waals surface area (Å²) in [6.45, 7) is 7.82. The van der Waals surface area contributed by atoms with Gasteiger partial charge in [0.2, 0.25) is 0 Å². The van der Waals surface area contributed by atoms with E-state index in [1.807, 2.05) is 0 Å². The number of amides is 1. The summed E-state index contributed by atoms with van der Waals surface area (Å²) in [7, 11) is 0. The predicted octanol–water partition coefficient (Wildman–Crippen LogP) is 3.04. The Morgan fingerprint density at radius 1 is 1.23 bits per heavy atom. The summed E-state index contributed by atoms with van der Waals surface area (Å²) in [4.78, 5) is 42.7. The second kappa shape index (κ2) is 9.54. The van der Waals surface area contributed by atoms with E-state index in [-0.39, 0.29) is 24.2 Å². The maximum atomic E-state index is 12.7. The Kier molecular flexibility index (Phi) is 6.83. The highest BCUT2D eigenvalue weighted by Crippen LogP contribution is 2.48. The summed E-state index contributed by atoms with van der Waals surface area (Å²) in [5.41, 5.74) is 8.81. The van der Waals surface area contributed by atoms with Gasteiger partial charge in [0.25, 0.3) is 0 Å². The lowest BCUT2D eigenvalue weighted by molar-refractivity contribution is -0.146. The minimum Gasteiger partial charge on any atom is -0.481 e. The summed E-state index contributed by atoms with van der Waals surface area (Å²) in [6, 6.07) is -0.422. The zero-order valence-corrected chi connectivity index (χ0v) is 20.9. The molecule has 0 radical (unpaired) electrons. The monoisotopic (exact) mass is 488 g/mol. The van der Waals surface area contributed by atoms with Crippen LogP contribution in [0.15, 0.2) is 6.20 Å². The summed E-state index contributed by atoms with van der Waals surface area (Å²) in [5, 5.41) is 12.6. The van der Waals surface area contributed by atoms with Gasteiger partial charge in [0.15, 0.2) is 0 Å². The zero-order chi connectivity index (χ0) is 25.5. The summed E-state index contributed by atoms with van der Waals surface area (Å²) in [6.07, 6.45) is 4.03. The lowest BCUT2D eigenvalue weighted by Crippen LogP contribution is -2.58. The van der Waals surface area contributed by atoms with E-state index >= 15 is 0 Å². The smallest absolute Gasteiger partial charge is 0.407 e. The molecular weight excluding hydrogens is 452 g/mol. The van der Waals surface area contributed by atoms with Gasteiger partial charge in [-0.2, -0.15) is 0 Å². The second-order valence-corrected chi connectivity index (χ2v) is 11.0. The minimum absolute atomic E-state index is 0.0199. The third-order valence-corrected chi connectivity index (χ3v) is 7.05. The molecule has 2 heterocycles. The lowest BCUT2D eigenvalue weighted by atomic mass is 9.76. The second-order valence-electron chi connectivity index (χ2n) is 11.0. The number of aromatic nitrogens is 1. The average molecular weight is 489 g/mol. The number of ether oxygens (including phenoxy) is 2. The van der Waals surface area contributed by atoms with E-state index < -0.39 is 29.8 Å². The molecule has 1 aromatic heterocycles. The van der Waals surface area contributed by atoms with Crippen LogP contribution in [0.1, 0.15) is 70.7 Å². The van der Waals surface area contributed by atoms with E-state index in [9.17, 15) is 19.5 Å². The number of carbonyl (C=O) groups excluding carboxylic acids is 2. The molecule has 0 bridgehead atoms. The molecule has 1 unspecified atom stereocenters. The third kappa shape index (κ3) is 5.79. The Labute approximate surface area is 205 Å². The molecule has 1 aromatic rings. The number of rotatable bonds is 6. The van der Waals surface area contributed by atoms with Crippen molar-refractivity contribution in [3.63, 3.8) is 0 Å². The van der Waals surface area contributed by atoms with Crippen LogP contribution in [-0.2, 0) is 25.5 Å². The van der Waals surface area contributed by atoms with E-state index in [0.717, 1.165) is 29.8 Å². The lowest BCUT2D eigenvalue weighted by Gasteiger charge is -2.45. The molecule has 10 nitrogen and oxygen atoms in total. The number of fused-ring (bicyclic) bond motifs is 1. The number of nitrogens with one attached hydrogen (secondary N) is 1. The molecule has 3 aliphatic rings. The zero-order valence-electron chi connectivity index (χ0n) is 20.9. The summed E-state index contributed by atoms with van der Waals surface area (Å²) >= 11 is 0. The van der Waals surface area contributed by atoms with Gasteiger partial charge in [0, 0.05) is 25.6 Å². The molecule has 35 heavy (non-hydrogen) atoms. The van der Waals surface area contributed by atoms with Crippen molar-refractivity contribution in [1.29, 1.82) is 0 Å². The van der Waals surface area contributed by atoms with Crippen molar-refractivity contribution in [2.75, 3.05) is 23.7 Å². The number of carbonyl (C=O) groups is 3. The molecule has 4 rings (SSSR count). The first-order valence-electron chi connectivity index (χ1n) is 12.3. The number of nitrogens with two attached hydrogens (primary N) is 1. The highest BCUT2D eigenvalue weighted by Gasteiger charge is 2.47. The van der Waals surface area contributed by atoms with Crippen LogP contribution < -0.4 is 16.0 Å². The van der Waals surface area contributed by atoms with Gasteiger partial charge in [-0.15, -0.1) is 0 Å². The van der Waals surface area contributed by atoms with Gasteiger partial charge in [-0.3, -0.25) is 14.6 Å². The molecule has 1 aliphatic heterocycles.